The minimum absolute atomic E-state index is 0.0485. The summed E-state index contributed by atoms with van der Waals surface area (Å²) in [5.74, 6) is 0.215. The van der Waals surface area contributed by atoms with Crippen LogP contribution in [0.25, 0.3) is 0 Å². The summed E-state index contributed by atoms with van der Waals surface area (Å²) in [6.45, 7) is 0.111. The van der Waals surface area contributed by atoms with Crippen LogP contribution in [0.4, 0.5) is 5.82 Å². The second-order valence-corrected chi connectivity index (χ2v) is 6.52. The maximum atomic E-state index is 11.7. The Morgan fingerprint density at radius 3 is 2.69 bits per heavy atom. The molecule has 0 bridgehead atoms. The van der Waals surface area contributed by atoms with Crippen molar-refractivity contribution in [2.45, 2.75) is 4.90 Å². The molecule has 0 spiro atoms. The lowest BCUT2D eigenvalue weighted by molar-refractivity contribution is 0.584. The Kier molecular flexibility index (Phi) is 4.05. The van der Waals surface area contributed by atoms with Gasteiger partial charge in [-0.3, -0.25) is 8.89 Å². The summed E-state index contributed by atoms with van der Waals surface area (Å²) in [5, 5.41) is 3.74. The number of nitrogens with zero attached hydrogens (tertiary/aromatic N) is 2. The van der Waals surface area contributed by atoms with Gasteiger partial charge >= 0.3 is 0 Å². The minimum Gasteiger partial charge on any atom is -0.381 e. The molecule has 92 valence electrons. The zero-order valence-corrected chi connectivity index (χ0v) is 10.6. The predicted octanol–water partition coefficient (Wildman–Crippen LogP) is -1.34. The number of nitrogens with two attached hydrogens (primary N) is 1. The van der Waals surface area contributed by atoms with Crippen LogP contribution in [-0.2, 0) is 27.9 Å². The van der Waals surface area contributed by atoms with Crippen molar-refractivity contribution in [2.75, 3.05) is 24.3 Å². The highest BCUT2D eigenvalue weighted by Crippen LogP contribution is 2.14. The van der Waals surface area contributed by atoms with Crippen LogP contribution in [0.15, 0.2) is 11.1 Å². The lowest BCUT2D eigenvalue weighted by Gasteiger charge is -2.03. The van der Waals surface area contributed by atoms with Crippen molar-refractivity contribution < 1.29 is 12.6 Å². The largest absolute Gasteiger partial charge is 0.381 e. The third kappa shape index (κ3) is 3.29. The molecule has 0 aliphatic rings. The van der Waals surface area contributed by atoms with E-state index >= 15 is 0 Å². The van der Waals surface area contributed by atoms with Crippen LogP contribution in [0.3, 0.4) is 0 Å². The molecule has 0 aromatic carbocycles. The molecule has 0 fully saturated rings. The first-order chi connectivity index (χ1) is 7.33. The number of hydrogen-bond acceptors (Lipinski definition) is 5. The van der Waals surface area contributed by atoms with Gasteiger partial charge in [-0.1, -0.05) is 0 Å². The molecular weight excluding hydrogens is 252 g/mol. The number of rotatable bonds is 5. The molecule has 9 heteroatoms. The lowest BCUT2D eigenvalue weighted by atomic mass is 10.7. The normalized spacial score (nSPS) is 13.9. The SMILES string of the molecule is Cn1cc(S(=O)(=O)NCCS(C)=O)c(N)n1. The Bertz CT molecular complexity index is 494. The predicted molar refractivity (Wildman–Crippen MR) is 61.7 cm³/mol. The van der Waals surface area contributed by atoms with E-state index in [0.717, 1.165) is 0 Å². The molecular formula is C7H14N4O3S2. The molecule has 0 aliphatic carbocycles. The second-order valence-electron chi connectivity index (χ2n) is 3.23. The topological polar surface area (TPSA) is 107 Å². The van der Waals surface area contributed by atoms with Crippen LogP contribution < -0.4 is 10.5 Å². The molecule has 0 aliphatic heterocycles. The van der Waals surface area contributed by atoms with E-state index in [1.165, 1.54) is 17.1 Å². The molecule has 16 heavy (non-hydrogen) atoms. The minimum atomic E-state index is -3.66. The van der Waals surface area contributed by atoms with Gasteiger partial charge in [-0.05, 0) is 0 Å². The quantitative estimate of drug-likeness (QED) is 0.686. The van der Waals surface area contributed by atoms with E-state index in [-0.39, 0.29) is 23.0 Å². The summed E-state index contributed by atoms with van der Waals surface area (Å²) in [6.07, 6.45) is 2.83. The third-order valence-corrected chi connectivity index (χ3v) is 4.05. The van der Waals surface area contributed by atoms with Gasteiger partial charge in [0, 0.05) is 42.6 Å². The fraction of sp³-hybridized carbons (Fsp3) is 0.571. The van der Waals surface area contributed by atoms with Crippen molar-refractivity contribution in [3.05, 3.63) is 6.20 Å². The summed E-state index contributed by atoms with van der Waals surface area (Å²) in [7, 11) is -3.11. The molecule has 1 heterocycles. The van der Waals surface area contributed by atoms with E-state index < -0.39 is 20.8 Å². The van der Waals surface area contributed by atoms with E-state index in [0.29, 0.717) is 0 Å². The molecule has 1 atom stereocenters. The van der Waals surface area contributed by atoms with Crippen LogP contribution >= 0.6 is 0 Å². The highest BCUT2D eigenvalue weighted by atomic mass is 32.2. The van der Waals surface area contributed by atoms with E-state index in [1.807, 2.05) is 0 Å². The van der Waals surface area contributed by atoms with Gasteiger partial charge in [-0.15, -0.1) is 0 Å². The Labute approximate surface area is 96.5 Å². The molecule has 0 radical (unpaired) electrons. The summed E-state index contributed by atoms with van der Waals surface area (Å²) in [5.41, 5.74) is 5.45. The van der Waals surface area contributed by atoms with Gasteiger partial charge < -0.3 is 5.73 Å². The summed E-state index contributed by atoms with van der Waals surface area (Å²) in [6, 6.07) is 0. The van der Waals surface area contributed by atoms with Gasteiger partial charge in [0.25, 0.3) is 0 Å². The Balaban J connectivity index is 2.78. The second kappa shape index (κ2) is 4.93. The van der Waals surface area contributed by atoms with Crippen molar-refractivity contribution in [2.24, 2.45) is 7.05 Å². The number of nitrogens with one attached hydrogen (secondary N) is 1. The first-order valence-electron chi connectivity index (χ1n) is 4.42. The summed E-state index contributed by atoms with van der Waals surface area (Å²) in [4.78, 5) is -0.0584. The summed E-state index contributed by atoms with van der Waals surface area (Å²) >= 11 is 0. The van der Waals surface area contributed by atoms with E-state index in [2.05, 4.69) is 9.82 Å². The molecule has 0 saturated heterocycles. The van der Waals surface area contributed by atoms with Crippen LogP contribution in [0.1, 0.15) is 0 Å². The number of aromatic nitrogens is 2. The molecule has 7 nitrogen and oxygen atoms in total. The van der Waals surface area contributed by atoms with Crippen molar-refractivity contribution in [1.82, 2.24) is 14.5 Å². The maximum Gasteiger partial charge on any atom is 0.245 e. The highest BCUT2D eigenvalue weighted by molar-refractivity contribution is 7.89. The van der Waals surface area contributed by atoms with Gasteiger partial charge in [-0.2, -0.15) is 5.10 Å². The number of hydrogen-bond donors (Lipinski definition) is 2. The van der Waals surface area contributed by atoms with Crippen molar-refractivity contribution in [1.29, 1.82) is 0 Å². The summed E-state index contributed by atoms with van der Waals surface area (Å²) < 4.78 is 37.8. The van der Waals surface area contributed by atoms with Crippen molar-refractivity contribution in [3.63, 3.8) is 0 Å². The average Bonchev–Trinajstić information content (AvgIpc) is 2.44. The number of sulfonamides is 1. The number of aryl methyl sites for hydroxylation is 1. The van der Waals surface area contributed by atoms with Crippen LogP contribution in [0, 0.1) is 0 Å². The molecule has 1 aromatic rings. The van der Waals surface area contributed by atoms with Gasteiger partial charge in [0.05, 0.1) is 0 Å². The monoisotopic (exact) mass is 266 g/mol. The Morgan fingerprint density at radius 2 is 2.25 bits per heavy atom. The van der Waals surface area contributed by atoms with Gasteiger partial charge in [0.15, 0.2) is 5.82 Å². The molecule has 1 unspecified atom stereocenters. The Morgan fingerprint density at radius 1 is 1.62 bits per heavy atom. The Hall–Kier alpha value is -0.930. The maximum absolute atomic E-state index is 11.7. The van der Waals surface area contributed by atoms with Crippen molar-refractivity contribution >= 4 is 26.6 Å². The first-order valence-corrected chi connectivity index (χ1v) is 7.63. The number of nitrogen functional groups attached to an aromatic ring is 1. The van der Waals surface area contributed by atoms with Gasteiger partial charge in [0.2, 0.25) is 10.0 Å². The van der Waals surface area contributed by atoms with Gasteiger partial charge in [0.1, 0.15) is 4.90 Å². The molecule has 1 rings (SSSR count). The average molecular weight is 266 g/mol. The van der Waals surface area contributed by atoms with Crippen LogP contribution in [-0.4, -0.2) is 41.0 Å². The standard InChI is InChI=1S/C7H14N4O3S2/c1-11-5-6(7(8)10-11)16(13,14)9-3-4-15(2)12/h5,9H,3-4H2,1-2H3,(H2,8,10). The zero-order chi connectivity index (χ0) is 12.3. The van der Waals surface area contributed by atoms with Gasteiger partial charge in [-0.25, -0.2) is 13.1 Å². The fourth-order valence-electron chi connectivity index (χ4n) is 1.09. The molecule has 0 saturated carbocycles. The van der Waals surface area contributed by atoms with E-state index in [9.17, 15) is 12.6 Å². The first kappa shape index (κ1) is 13.1. The van der Waals surface area contributed by atoms with Crippen LogP contribution in [0.2, 0.25) is 0 Å². The third-order valence-electron chi connectivity index (χ3n) is 1.79. The van der Waals surface area contributed by atoms with Crippen molar-refractivity contribution in [3.8, 4) is 0 Å². The molecule has 1 aromatic heterocycles. The highest BCUT2D eigenvalue weighted by Gasteiger charge is 2.19. The molecule has 3 N–H and O–H groups in total. The lowest BCUT2D eigenvalue weighted by Crippen LogP contribution is -2.28. The fourth-order valence-corrected chi connectivity index (χ4v) is 2.74. The zero-order valence-electron chi connectivity index (χ0n) is 9.00. The van der Waals surface area contributed by atoms with Crippen LogP contribution in [0.5, 0.6) is 0 Å². The number of anilines is 1. The van der Waals surface area contributed by atoms with E-state index in [4.69, 9.17) is 5.73 Å². The molecule has 0 amide bonds. The smallest absolute Gasteiger partial charge is 0.245 e. The van der Waals surface area contributed by atoms with E-state index in [1.54, 1.807) is 7.05 Å².